The van der Waals surface area contributed by atoms with Crippen molar-refractivity contribution in [3.63, 3.8) is 0 Å². The highest BCUT2D eigenvalue weighted by molar-refractivity contribution is 9.11. The Labute approximate surface area is 226 Å². The smallest absolute Gasteiger partial charge is 0.318 e. The quantitative estimate of drug-likeness (QED) is 0.161. The van der Waals surface area contributed by atoms with Gasteiger partial charge in [-0.25, -0.2) is 5.43 Å². The zero-order chi connectivity index (χ0) is 27.1. The fourth-order valence-electron chi connectivity index (χ4n) is 3.03. The molecule has 0 heterocycles. The van der Waals surface area contributed by atoms with Gasteiger partial charge in [0.05, 0.1) is 44.8 Å². The standard InChI is InChI=1S/C23H18Br2N4O8/c1-3-36-21-10-14(4-6-20(21)35-2)23(30)27-26-12-13-8-16(24)22(17(25)9-13)37-19-7-5-15(28(31)32)11-18(19)29(33)34/h4-12H,3H2,1-2H3,(H,27,30)/b26-12+. The summed E-state index contributed by atoms with van der Waals surface area (Å²) in [5.74, 6) is 0.469. The van der Waals surface area contributed by atoms with E-state index in [2.05, 4.69) is 42.4 Å². The molecule has 0 fully saturated rings. The minimum atomic E-state index is -0.770. The Morgan fingerprint density at radius 1 is 1.00 bits per heavy atom. The third-order valence-corrected chi connectivity index (χ3v) is 5.87. The van der Waals surface area contributed by atoms with Crippen LogP contribution in [0.2, 0.25) is 0 Å². The second-order valence-electron chi connectivity index (χ2n) is 7.08. The average molecular weight is 638 g/mol. The first-order valence-corrected chi connectivity index (χ1v) is 12.0. The van der Waals surface area contributed by atoms with Gasteiger partial charge in [0.25, 0.3) is 11.6 Å². The number of benzene rings is 3. The third-order valence-electron chi connectivity index (χ3n) is 4.69. The van der Waals surface area contributed by atoms with E-state index in [1.807, 2.05) is 6.92 Å². The highest BCUT2D eigenvalue weighted by Crippen LogP contribution is 2.41. The molecule has 12 nitrogen and oxygen atoms in total. The summed E-state index contributed by atoms with van der Waals surface area (Å²) in [6, 6.07) is 11.0. The molecule has 0 spiro atoms. The SMILES string of the molecule is CCOc1cc(C(=O)N/N=C/c2cc(Br)c(Oc3ccc([N+](=O)[O-])cc3[N+](=O)[O-])c(Br)c2)ccc1OC. The van der Waals surface area contributed by atoms with Crippen LogP contribution in [0, 0.1) is 20.2 Å². The van der Waals surface area contributed by atoms with E-state index in [1.165, 1.54) is 13.3 Å². The Hall–Kier alpha value is -4.04. The molecule has 37 heavy (non-hydrogen) atoms. The Morgan fingerprint density at radius 2 is 1.68 bits per heavy atom. The van der Waals surface area contributed by atoms with E-state index in [1.54, 1.807) is 30.3 Å². The van der Waals surface area contributed by atoms with Crippen LogP contribution < -0.4 is 19.6 Å². The lowest BCUT2D eigenvalue weighted by Gasteiger charge is -2.11. The van der Waals surface area contributed by atoms with Crippen molar-refractivity contribution in [3.8, 4) is 23.0 Å². The van der Waals surface area contributed by atoms with E-state index in [0.29, 0.717) is 38.2 Å². The number of non-ortho nitro benzene ring substituents is 1. The zero-order valence-electron chi connectivity index (χ0n) is 19.3. The molecule has 1 amide bonds. The van der Waals surface area contributed by atoms with Gasteiger partial charge in [-0.3, -0.25) is 25.0 Å². The molecule has 0 aliphatic rings. The average Bonchev–Trinajstić information content (AvgIpc) is 2.86. The Morgan fingerprint density at radius 3 is 2.27 bits per heavy atom. The number of methoxy groups -OCH3 is 1. The van der Waals surface area contributed by atoms with Gasteiger partial charge >= 0.3 is 5.69 Å². The van der Waals surface area contributed by atoms with Crippen LogP contribution in [-0.2, 0) is 0 Å². The third kappa shape index (κ3) is 6.80. The zero-order valence-corrected chi connectivity index (χ0v) is 22.4. The molecule has 0 radical (unpaired) electrons. The van der Waals surface area contributed by atoms with Crippen LogP contribution in [0.3, 0.4) is 0 Å². The predicted molar refractivity (Wildman–Crippen MR) is 141 cm³/mol. The van der Waals surface area contributed by atoms with E-state index in [9.17, 15) is 25.0 Å². The molecule has 3 aromatic carbocycles. The molecular formula is C23H18Br2N4O8. The summed E-state index contributed by atoms with van der Waals surface area (Å²) in [7, 11) is 1.50. The molecule has 14 heteroatoms. The molecule has 0 aromatic heterocycles. The minimum absolute atomic E-state index is 0.184. The largest absolute Gasteiger partial charge is 0.493 e. The molecule has 0 aliphatic carbocycles. The van der Waals surface area contributed by atoms with E-state index in [-0.39, 0.29) is 11.5 Å². The summed E-state index contributed by atoms with van der Waals surface area (Å²) in [5, 5.41) is 26.3. The summed E-state index contributed by atoms with van der Waals surface area (Å²) in [5.41, 5.74) is 2.29. The lowest BCUT2D eigenvalue weighted by atomic mass is 10.2. The maximum atomic E-state index is 12.5. The first kappa shape index (κ1) is 27.5. The summed E-state index contributed by atoms with van der Waals surface area (Å²) in [6.07, 6.45) is 1.39. The van der Waals surface area contributed by atoms with Gasteiger partial charge in [0.15, 0.2) is 17.2 Å². The number of rotatable bonds is 10. The predicted octanol–water partition coefficient (Wildman–Crippen LogP) is 5.99. The lowest BCUT2D eigenvalue weighted by Crippen LogP contribution is -2.17. The number of nitro benzene ring substituents is 2. The van der Waals surface area contributed by atoms with Crippen molar-refractivity contribution in [2.24, 2.45) is 5.10 Å². The second-order valence-corrected chi connectivity index (χ2v) is 8.79. The molecular weight excluding hydrogens is 620 g/mol. The van der Waals surface area contributed by atoms with Gasteiger partial charge in [0.2, 0.25) is 5.75 Å². The molecule has 3 aromatic rings. The molecule has 0 atom stereocenters. The fourth-order valence-corrected chi connectivity index (χ4v) is 4.41. The number of hydrogen-bond donors (Lipinski definition) is 1. The van der Waals surface area contributed by atoms with Crippen molar-refractivity contribution < 1.29 is 28.9 Å². The summed E-state index contributed by atoms with van der Waals surface area (Å²) in [6.45, 7) is 2.22. The van der Waals surface area contributed by atoms with Gasteiger partial charge < -0.3 is 14.2 Å². The lowest BCUT2D eigenvalue weighted by molar-refractivity contribution is -0.394. The topological polar surface area (TPSA) is 155 Å². The van der Waals surface area contributed by atoms with Crippen molar-refractivity contribution in [3.05, 3.63) is 88.8 Å². The number of ether oxygens (including phenoxy) is 3. The van der Waals surface area contributed by atoms with Gasteiger partial charge in [-0.2, -0.15) is 5.10 Å². The van der Waals surface area contributed by atoms with E-state index < -0.39 is 27.1 Å². The number of nitrogens with zero attached hydrogens (tertiary/aromatic N) is 3. The van der Waals surface area contributed by atoms with E-state index in [4.69, 9.17) is 14.2 Å². The van der Waals surface area contributed by atoms with E-state index in [0.717, 1.165) is 18.2 Å². The van der Waals surface area contributed by atoms with Gasteiger partial charge in [-0.15, -0.1) is 0 Å². The molecule has 0 aliphatic heterocycles. The van der Waals surface area contributed by atoms with Crippen LogP contribution in [-0.4, -0.2) is 35.7 Å². The number of halogens is 2. The highest BCUT2D eigenvalue weighted by Gasteiger charge is 2.23. The molecule has 0 saturated carbocycles. The van der Waals surface area contributed by atoms with Crippen molar-refractivity contribution >= 4 is 55.4 Å². The second kappa shape index (κ2) is 12.3. The molecule has 0 unspecified atom stereocenters. The number of amides is 1. The highest BCUT2D eigenvalue weighted by atomic mass is 79.9. The Kier molecular flexibility index (Phi) is 9.14. The number of hydrazone groups is 1. The number of carbonyl (C=O) groups is 1. The molecule has 1 N–H and O–H groups in total. The first-order chi connectivity index (χ1) is 17.6. The normalized spacial score (nSPS) is 10.7. The molecule has 3 rings (SSSR count). The summed E-state index contributed by atoms with van der Waals surface area (Å²) >= 11 is 6.68. The van der Waals surface area contributed by atoms with Crippen molar-refractivity contribution in [1.29, 1.82) is 0 Å². The van der Waals surface area contributed by atoms with Crippen LogP contribution in [0.15, 0.2) is 62.6 Å². The van der Waals surface area contributed by atoms with Crippen LogP contribution in [0.4, 0.5) is 11.4 Å². The Bertz CT molecular complexity index is 1370. The van der Waals surface area contributed by atoms with Crippen molar-refractivity contribution in [2.75, 3.05) is 13.7 Å². The van der Waals surface area contributed by atoms with Crippen LogP contribution in [0.1, 0.15) is 22.8 Å². The van der Waals surface area contributed by atoms with Gasteiger partial charge in [0, 0.05) is 11.6 Å². The maximum Gasteiger partial charge on any atom is 0.318 e. The minimum Gasteiger partial charge on any atom is -0.493 e. The van der Waals surface area contributed by atoms with Crippen molar-refractivity contribution in [2.45, 2.75) is 6.92 Å². The molecule has 0 bridgehead atoms. The van der Waals surface area contributed by atoms with Crippen LogP contribution >= 0.6 is 31.9 Å². The monoisotopic (exact) mass is 636 g/mol. The molecule has 0 saturated heterocycles. The number of carbonyl (C=O) groups excluding carboxylic acids is 1. The van der Waals surface area contributed by atoms with Crippen LogP contribution in [0.5, 0.6) is 23.0 Å². The summed E-state index contributed by atoms with van der Waals surface area (Å²) in [4.78, 5) is 33.3. The number of hydrogen-bond acceptors (Lipinski definition) is 9. The number of nitro groups is 2. The van der Waals surface area contributed by atoms with Gasteiger partial charge in [-0.05, 0) is 80.7 Å². The Balaban J connectivity index is 1.77. The molecule has 192 valence electrons. The number of nitrogens with one attached hydrogen (secondary N) is 1. The van der Waals surface area contributed by atoms with Crippen molar-refractivity contribution in [1.82, 2.24) is 5.43 Å². The summed E-state index contributed by atoms with van der Waals surface area (Å²) < 4.78 is 17.2. The fraction of sp³-hybridized carbons (Fsp3) is 0.130. The van der Waals surface area contributed by atoms with Gasteiger partial charge in [0.1, 0.15) is 0 Å². The first-order valence-electron chi connectivity index (χ1n) is 10.4. The van der Waals surface area contributed by atoms with Gasteiger partial charge in [-0.1, -0.05) is 0 Å². The maximum absolute atomic E-state index is 12.5. The van der Waals surface area contributed by atoms with E-state index >= 15 is 0 Å². The van der Waals surface area contributed by atoms with Crippen LogP contribution in [0.25, 0.3) is 0 Å².